The maximum atomic E-state index is 9.98. The van der Waals surface area contributed by atoms with Crippen molar-refractivity contribution in [1.82, 2.24) is 14.4 Å². The van der Waals surface area contributed by atoms with Gasteiger partial charge in [0.05, 0.1) is 16.6 Å². The summed E-state index contributed by atoms with van der Waals surface area (Å²) in [6.07, 6.45) is 3.11. The molecule has 1 aromatic carbocycles. The van der Waals surface area contributed by atoms with Gasteiger partial charge >= 0.3 is 0 Å². The lowest BCUT2D eigenvalue weighted by Gasteiger charge is -2.38. The Morgan fingerprint density at radius 2 is 1.65 bits per heavy atom. The van der Waals surface area contributed by atoms with Gasteiger partial charge in [0, 0.05) is 31.9 Å². The van der Waals surface area contributed by atoms with Gasteiger partial charge in [-0.1, -0.05) is 18.2 Å². The molecule has 154 valence electrons. The largest absolute Gasteiger partial charge is 0.354 e. The number of hydrogen-bond donors (Lipinski definition) is 0. The van der Waals surface area contributed by atoms with Gasteiger partial charge in [0.2, 0.25) is 0 Å². The third-order valence-corrected chi connectivity index (χ3v) is 6.67. The lowest BCUT2D eigenvalue weighted by molar-refractivity contribution is 0.637. The zero-order valence-electron chi connectivity index (χ0n) is 17.7. The van der Waals surface area contributed by atoms with E-state index in [0.717, 1.165) is 79.2 Å². The monoisotopic (exact) mass is 408 g/mol. The van der Waals surface area contributed by atoms with Gasteiger partial charge in [0.15, 0.2) is 5.65 Å². The van der Waals surface area contributed by atoms with Crippen LogP contribution in [-0.4, -0.2) is 40.5 Å². The summed E-state index contributed by atoms with van der Waals surface area (Å²) in [6.45, 7) is 5.75. The molecule has 1 saturated heterocycles. The van der Waals surface area contributed by atoms with Crippen LogP contribution in [0.4, 0.5) is 11.6 Å². The number of rotatable bonds is 2. The molecule has 0 radical (unpaired) electrons. The van der Waals surface area contributed by atoms with Crippen LogP contribution >= 0.6 is 0 Å². The molecule has 0 unspecified atom stereocenters. The van der Waals surface area contributed by atoms with E-state index in [1.54, 1.807) is 0 Å². The Kier molecular flexibility index (Phi) is 4.10. The second-order valence-corrected chi connectivity index (χ2v) is 8.49. The summed E-state index contributed by atoms with van der Waals surface area (Å²) in [5.41, 5.74) is 7.21. The molecule has 0 amide bonds. The minimum Gasteiger partial charge on any atom is -0.354 e. The van der Waals surface area contributed by atoms with E-state index in [1.807, 2.05) is 25.1 Å². The molecule has 1 aliphatic carbocycles. The van der Waals surface area contributed by atoms with E-state index in [2.05, 4.69) is 44.5 Å². The highest BCUT2D eigenvalue weighted by atomic mass is 15.3. The molecule has 0 N–H and O–H groups in total. The van der Waals surface area contributed by atoms with Gasteiger partial charge < -0.3 is 9.80 Å². The first-order chi connectivity index (χ1) is 15.2. The van der Waals surface area contributed by atoms with Crippen molar-refractivity contribution in [2.75, 3.05) is 36.0 Å². The number of aryl methyl sites for hydroxylation is 1. The smallest absolute Gasteiger partial charge is 0.157 e. The Morgan fingerprint density at radius 1 is 0.871 bits per heavy atom. The zero-order valence-corrected chi connectivity index (χ0v) is 17.7. The molecule has 3 aromatic heterocycles. The number of nitriles is 1. The standard InChI is InChI=1S/C25H24N6/c1-17-6-4-11-23(27-17)29-12-14-30(15-13-29)25-19-8-5-7-18(19)20(16-26)24-28-21-9-2-3-10-22(21)31(24)25/h2-4,6,9-11H,5,7-8,12-15H2,1H3. The predicted octanol–water partition coefficient (Wildman–Crippen LogP) is 3.88. The van der Waals surface area contributed by atoms with E-state index >= 15 is 0 Å². The highest BCUT2D eigenvalue weighted by Crippen LogP contribution is 2.38. The maximum absolute atomic E-state index is 9.98. The molecule has 0 spiro atoms. The minimum absolute atomic E-state index is 0.759. The van der Waals surface area contributed by atoms with Gasteiger partial charge in [-0.2, -0.15) is 5.26 Å². The summed E-state index contributed by atoms with van der Waals surface area (Å²) >= 11 is 0. The summed E-state index contributed by atoms with van der Waals surface area (Å²) in [7, 11) is 0. The first-order valence-electron chi connectivity index (χ1n) is 11.0. The highest BCUT2D eigenvalue weighted by Gasteiger charge is 2.30. The van der Waals surface area contributed by atoms with E-state index in [-0.39, 0.29) is 0 Å². The normalized spacial score (nSPS) is 16.1. The quantitative estimate of drug-likeness (QED) is 0.504. The molecule has 0 saturated carbocycles. The van der Waals surface area contributed by atoms with Crippen LogP contribution < -0.4 is 9.80 Å². The molecule has 6 nitrogen and oxygen atoms in total. The molecule has 1 aliphatic heterocycles. The number of aromatic nitrogens is 3. The first kappa shape index (κ1) is 18.2. The van der Waals surface area contributed by atoms with Crippen molar-refractivity contribution >= 4 is 28.3 Å². The third kappa shape index (κ3) is 2.77. The van der Waals surface area contributed by atoms with Crippen molar-refractivity contribution in [3.63, 3.8) is 0 Å². The topological polar surface area (TPSA) is 60.5 Å². The molecule has 0 bridgehead atoms. The molecular weight excluding hydrogens is 384 g/mol. The van der Waals surface area contributed by atoms with Crippen molar-refractivity contribution in [2.24, 2.45) is 0 Å². The van der Waals surface area contributed by atoms with Crippen molar-refractivity contribution < 1.29 is 0 Å². The van der Waals surface area contributed by atoms with Crippen LogP contribution in [0.1, 0.15) is 28.8 Å². The first-order valence-corrected chi connectivity index (χ1v) is 11.0. The van der Waals surface area contributed by atoms with Gasteiger partial charge in [-0.05, 0) is 61.6 Å². The third-order valence-electron chi connectivity index (χ3n) is 6.67. The fraction of sp³-hybridized carbons (Fsp3) is 0.320. The number of pyridine rings is 2. The predicted molar refractivity (Wildman–Crippen MR) is 123 cm³/mol. The van der Waals surface area contributed by atoms with Crippen molar-refractivity contribution in [1.29, 1.82) is 5.26 Å². The number of anilines is 2. The van der Waals surface area contributed by atoms with Crippen molar-refractivity contribution in [2.45, 2.75) is 26.2 Å². The summed E-state index contributed by atoms with van der Waals surface area (Å²) in [4.78, 5) is 14.5. The molecule has 31 heavy (non-hydrogen) atoms. The van der Waals surface area contributed by atoms with Crippen LogP contribution in [-0.2, 0) is 12.8 Å². The fourth-order valence-electron chi connectivity index (χ4n) is 5.25. The fourth-order valence-corrected chi connectivity index (χ4v) is 5.25. The van der Waals surface area contributed by atoms with Crippen LogP contribution in [0.3, 0.4) is 0 Å². The number of para-hydroxylation sites is 2. The number of hydrogen-bond acceptors (Lipinski definition) is 5. The van der Waals surface area contributed by atoms with Crippen LogP contribution in [0.15, 0.2) is 42.5 Å². The second kappa shape index (κ2) is 6.98. The van der Waals surface area contributed by atoms with Crippen LogP contribution in [0.25, 0.3) is 16.7 Å². The summed E-state index contributed by atoms with van der Waals surface area (Å²) < 4.78 is 2.25. The van der Waals surface area contributed by atoms with Crippen LogP contribution in [0, 0.1) is 18.3 Å². The van der Waals surface area contributed by atoms with Gasteiger partial charge in [-0.15, -0.1) is 0 Å². The Labute approximate surface area is 181 Å². The van der Waals surface area contributed by atoms with Gasteiger partial charge in [0.25, 0.3) is 0 Å². The van der Waals surface area contributed by atoms with E-state index in [4.69, 9.17) is 9.97 Å². The Hall–Kier alpha value is -3.59. The highest BCUT2D eigenvalue weighted by molar-refractivity contribution is 5.86. The van der Waals surface area contributed by atoms with Crippen LogP contribution in [0.5, 0.6) is 0 Å². The van der Waals surface area contributed by atoms with Crippen molar-refractivity contribution in [3.8, 4) is 6.07 Å². The molecule has 1 fully saturated rings. The van der Waals surface area contributed by atoms with Crippen LogP contribution in [0.2, 0.25) is 0 Å². The number of fused-ring (bicyclic) bond motifs is 4. The molecule has 6 rings (SSSR count). The molecule has 2 aliphatic rings. The van der Waals surface area contributed by atoms with E-state index in [1.165, 1.54) is 16.9 Å². The zero-order chi connectivity index (χ0) is 20.9. The molecule has 4 heterocycles. The van der Waals surface area contributed by atoms with E-state index < -0.39 is 0 Å². The lowest BCUT2D eigenvalue weighted by Crippen LogP contribution is -2.47. The average Bonchev–Trinajstić information content (AvgIpc) is 3.43. The van der Waals surface area contributed by atoms with Gasteiger partial charge in [0.1, 0.15) is 17.7 Å². The Balaban J connectivity index is 1.47. The van der Waals surface area contributed by atoms with Gasteiger partial charge in [-0.25, -0.2) is 9.97 Å². The van der Waals surface area contributed by atoms with E-state index in [0.29, 0.717) is 0 Å². The SMILES string of the molecule is Cc1cccc(N2CCN(c3c4c(c(C#N)c5nc6ccccc6n35)CCC4)CC2)n1. The van der Waals surface area contributed by atoms with Gasteiger partial charge in [-0.3, -0.25) is 4.40 Å². The molecule has 0 atom stereocenters. The Bertz CT molecular complexity index is 1350. The second-order valence-electron chi connectivity index (χ2n) is 8.49. The number of imidazole rings is 1. The molecule has 6 heteroatoms. The summed E-state index contributed by atoms with van der Waals surface area (Å²) in [5, 5.41) is 9.98. The molecular formula is C25H24N6. The molecule has 4 aromatic rings. The van der Waals surface area contributed by atoms with E-state index in [9.17, 15) is 5.26 Å². The number of benzene rings is 1. The average molecular weight is 409 g/mol. The number of nitrogens with zero attached hydrogens (tertiary/aromatic N) is 6. The number of piperazine rings is 1. The Morgan fingerprint density at radius 3 is 2.45 bits per heavy atom. The minimum atomic E-state index is 0.759. The maximum Gasteiger partial charge on any atom is 0.157 e. The lowest BCUT2D eigenvalue weighted by atomic mass is 10.0. The summed E-state index contributed by atoms with van der Waals surface area (Å²) in [5.74, 6) is 2.30. The van der Waals surface area contributed by atoms with Crippen molar-refractivity contribution in [3.05, 3.63) is 64.8 Å². The summed E-state index contributed by atoms with van der Waals surface area (Å²) in [6, 6.07) is 16.9.